The molecule has 6 nitrogen and oxygen atoms in total. The van der Waals surface area contributed by atoms with E-state index in [2.05, 4.69) is 5.32 Å². The van der Waals surface area contributed by atoms with Gasteiger partial charge in [0.15, 0.2) is 19.7 Å². The third-order valence-corrected chi connectivity index (χ3v) is 8.82. The zero-order valence-corrected chi connectivity index (χ0v) is 16.5. The van der Waals surface area contributed by atoms with E-state index in [0.717, 1.165) is 18.2 Å². The molecule has 28 heavy (non-hydrogen) atoms. The SMILES string of the molecule is O=C(Nc1ccc(F)cc1F)c1cc(S(=O)(=O)C2CCS(=O)(=O)C2)ccc1Cl. The molecule has 0 saturated carbocycles. The van der Waals surface area contributed by atoms with Gasteiger partial charge in [-0.25, -0.2) is 25.6 Å². The van der Waals surface area contributed by atoms with Crippen LogP contribution in [0.2, 0.25) is 5.02 Å². The lowest BCUT2D eigenvalue weighted by atomic mass is 10.2. The van der Waals surface area contributed by atoms with Crippen LogP contribution in [0.25, 0.3) is 0 Å². The summed E-state index contributed by atoms with van der Waals surface area (Å²) in [5, 5.41) is 1.01. The first-order chi connectivity index (χ1) is 13.0. The zero-order valence-electron chi connectivity index (χ0n) is 14.2. The van der Waals surface area contributed by atoms with E-state index in [4.69, 9.17) is 11.6 Å². The number of benzene rings is 2. The molecular formula is C17H14ClF2NO5S2. The summed E-state index contributed by atoms with van der Waals surface area (Å²) in [6.45, 7) is 0. The van der Waals surface area contributed by atoms with Crippen molar-refractivity contribution in [1.29, 1.82) is 0 Å². The molecule has 2 aromatic carbocycles. The molecule has 1 atom stereocenters. The quantitative estimate of drug-likeness (QED) is 0.774. The highest BCUT2D eigenvalue weighted by Gasteiger charge is 2.38. The molecule has 1 aliphatic rings. The summed E-state index contributed by atoms with van der Waals surface area (Å²) in [4.78, 5) is 12.2. The third-order valence-electron chi connectivity index (χ3n) is 4.32. The highest BCUT2D eigenvalue weighted by Crippen LogP contribution is 2.29. The van der Waals surface area contributed by atoms with Gasteiger partial charge in [0.2, 0.25) is 0 Å². The van der Waals surface area contributed by atoms with Crippen LogP contribution in [0.1, 0.15) is 16.8 Å². The molecular weight excluding hydrogens is 436 g/mol. The maximum atomic E-state index is 13.7. The van der Waals surface area contributed by atoms with Gasteiger partial charge in [0.05, 0.1) is 37.9 Å². The summed E-state index contributed by atoms with van der Waals surface area (Å²) in [7, 11) is -7.44. The Labute approximate surface area is 165 Å². The van der Waals surface area contributed by atoms with Gasteiger partial charge in [0, 0.05) is 6.07 Å². The Morgan fingerprint density at radius 1 is 1.14 bits per heavy atom. The van der Waals surface area contributed by atoms with Crippen molar-refractivity contribution in [1.82, 2.24) is 0 Å². The molecule has 3 rings (SSSR count). The van der Waals surface area contributed by atoms with Gasteiger partial charge >= 0.3 is 0 Å². The number of carbonyl (C=O) groups is 1. The molecule has 0 radical (unpaired) electrons. The van der Waals surface area contributed by atoms with E-state index >= 15 is 0 Å². The molecule has 0 bridgehead atoms. The van der Waals surface area contributed by atoms with Gasteiger partial charge in [-0.05, 0) is 36.8 Å². The van der Waals surface area contributed by atoms with Gasteiger partial charge in [0.25, 0.3) is 5.91 Å². The first kappa shape index (κ1) is 20.7. The highest BCUT2D eigenvalue weighted by atomic mass is 35.5. The highest BCUT2D eigenvalue weighted by molar-refractivity contribution is 7.96. The van der Waals surface area contributed by atoms with Crippen molar-refractivity contribution in [2.24, 2.45) is 0 Å². The molecule has 11 heteroatoms. The van der Waals surface area contributed by atoms with Crippen molar-refractivity contribution in [2.45, 2.75) is 16.6 Å². The Kier molecular flexibility index (Phi) is 5.48. The fourth-order valence-corrected chi connectivity index (χ4v) is 7.42. The van der Waals surface area contributed by atoms with E-state index in [9.17, 15) is 30.4 Å². The summed E-state index contributed by atoms with van der Waals surface area (Å²) in [6.07, 6.45) is -0.0321. The lowest BCUT2D eigenvalue weighted by molar-refractivity contribution is 0.102. The van der Waals surface area contributed by atoms with E-state index < -0.39 is 48.2 Å². The molecule has 0 aromatic heterocycles. The molecule has 1 heterocycles. The van der Waals surface area contributed by atoms with Gasteiger partial charge in [-0.15, -0.1) is 0 Å². The van der Waals surface area contributed by atoms with Gasteiger partial charge in [-0.2, -0.15) is 0 Å². The molecule has 1 fully saturated rings. The Morgan fingerprint density at radius 3 is 2.46 bits per heavy atom. The standard InChI is InChI=1S/C17H14ClF2NO5S2/c18-14-3-2-11(28(25,26)12-5-6-27(23,24)9-12)8-13(14)17(22)21-16-4-1-10(19)7-15(16)20/h1-4,7-8,12H,5-6,9H2,(H,21,22). The minimum Gasteiger partial charge on any atom is -0.319 e. The van der Waals surface area contributed by atoms with Crippen LogP contribution < -0.4 is 5.32 Å². The molecule has 1 N–H and O–H groups in total. The van der Waals surface area contributed by atoms with Crippen LogP contribution in [0, 0.1) is 11.6 Å². The maximum Gasteiger partial charge on any atom is 0.257 e. The number of nitrogens with one attached hydrogen (secondary N) is 1. The van der Waals surface area contributed by atoms with Crippen molar-refractivity contribution in [3.63, 3.8) is 0 Å². The van der Waals surface area contributed by atoms with E-state index in [1.165, 1.54) is 12.1 Å². The second kappa shape index (κ2) is 7.41. The molecule has 1 amide bonds. The van der Waals surface area contributed by atoms with Gasteiger partial charge < -0.3 is 5.32 Å². The maximum absolute atomic E-state index is 13.7. The van der Waals surface area contributed by atoms with Gasteiger partial charge in [-0.1, -0.05) is 11.6 Å². The number of hydrogen-bond donors (Lipinski definition) is 1. The normalized spacial score (nSPS) is 18.8. The monoisotopic (exact) mass is 449 g/mol. The van der Waals surface area contributed by atoms with E-state index in [1.807, 2.05) is 0 Å². The van der Waals surface area contributed by atoms with Crippen LogP contribution in [0.5, 0.6) is 0 Å². The van der Waals surface area contributed by atoms with E-state index in [0.29, 0.717) is 6.07 Å². The minimum absolute atomic E-state index is 0.0321. The average molecular weight is 450 g/mol. The molecule has 0 aliphatic carbocycles. The van der Waals surface area contributed by atoms with E-state index in [-0.39, 0.29) is 33.3 Å². The van der Waals surface area contributed by atoms with E-state index in [1.54, 1.807) is 0 Å². The molecule has 1 saturated heterocycles. The summed E-state index contributed by atoms with van der Waals surface area (Å²) >= 11 is 5.97. The topological polar surface area (TPSA) is 97.4 Å². The van der Waals surface area contributed by atoms with Crippen LogP contribution >= 0.6 is 11.6 Å². The fraction of sp³-hybridized carbons (Fsp3) is 0.235. The second-order valence-electron chi connectivity index (χ2n) is 6.29. The largest absolute Gasteiger partial charge is 0.319 e. The number of anilines is 1. The summed E-state index contributed by atoms with van der Waals surface area (Å²) < 4.78 is 75.3. The fourth-order valence-electron chi connectivity index (χ4n) is 2.83. The van der Waals surface area contributed by atoms with Crippen LogP contribution in [0.4, 0.5) is 14.5 Å². The lowest BCUT2D eigenvalue weighted by Gasteiger charge is -2.13. The number of sulfone groups is 2. The third kappa shape index (κ3) is 4.18. The van der Waals surface area contributed by atoms with Crippen LogP contribution in [-0.2, 0) is 19.7 Å². The predicted octanol–water partition coefficient (Wildman–Crippen LogP) is 2.83. The van der Waals surface area contributed by atoms with Crippen LogP contribution in [0.15, 0.2) is 41.3 Å². The zero-order chi connectivity index (χ0) is 20.7. The predicted molar refractivity (Wildman–Crippen MR) is 100 cm³/mol. The van der Waals surface area contributed by atoms with Crippen molar-refractivity contribution in [3.8, 4) is 0 Å². The molecule has 2 aromatic rings. The number of halogens is 3. The summed E-state index contributed by atoms with van der Waals surface area (Å²) in [5.41, 5.74) is -0.551. The Morgan fingerprint density at radius 2 is 1.86 bits per heavy atom. The molecule has 150 valence electrons. The van der Waals surface area contributed by atoms with Crippen LogP contribution in [0.3, 0.4) is 0 Å². The molecule has 0 spiro atoms. The first-order valence-corrected chi connectivity index (χ1v) is 11.7. The van der Waals surface area contributed by atoms with Crippen molar-refractivity contribution in [3.05, 3.63) is 58.6 Å². The number of carbonyl (C=O) groups excluding carboxylic acids is 1. The number of amides is 1. The second-order valence-corrected chi connectivity index (χ2v) is 11.2. The minimum atomic E-state index is -4.01. The average Bonchev–Trinajstić information content (AvgIpc) is 2.98. The lowest BCUT2D eigenvalue weighted by Crippen LogP contribution is -2.23. The van der Waals surface area contributed by atoms with Crippen LogP contribution in [-0.4, -0.2) is 39.5 Å². The Bertz CT molecular complexity index is 1170. The Hall–Kier alpha value is -2.04. The summed E-state index contributed by atoms with van der Waals surface area (Å²) in [5.74, 6) is -3.44. The van der Waals surface area contributed by atoms with Gasteiger partial charge in [-0.3, -0.25) is 4.79 Å². The van der Waals surface area contributed by atoms with Crippen molar-refractivity contribution in [2.75, 3.05) is 16.8 Å². The molecule has 1 unspecified atom stereocenters. The molecule has 1 aliphatic heterocycles. The summed E-state index contributed by atoms with van der Waals surface area (Å²) in [6, 6.07) is 5.92. The van der Waals surface area contributed by atoms with Gasteiger partial charge in [0.1, 0.15) is 11.6 Å². The smallest absolute Gasteiger partial charge is 0.257 e. The Balaban J connectivity index is 1.92. The van der Waals surface area contributed by atoms with Crippen molar-refractivity contribution < 1.29 is 30.4 Å². The first-order valence-electron chi connectivity index (χ1n) is 8.00. The number of hydrogen-bond acceptors (Lipinski definition) is 5. The number of rotatable bonds is 4. The van der Waals surface area contributed by atoms with Crippen molar-refractivity contribution >= 4 is 42.9 Å².